The van der Waals surface area contributed by atoms with Crippen LogP contribution in [0.1, 0.15) is 18.9 Å². The van der Waals surface area contributed by atoms with Crippen LogP contribution >= 0.6 is 11.6 Å². The number of ether oxygens (including phenoxy) is 2. The molecule has 1 saturated heterocycles. The highest BCUT2D eigenvalue weighted by atomic mass is 35.5. The lowest BCUT2D eigenvalue weighted by Crippen LogP contribution is -2.42. The molecular weight excluding hydrogens is 444 g/mol. The average Bonchev–Trinajstić information content (AvgIpc) is 2.82. The summed E-state index contributed by atoms with van der Waals surface area (Å²) < 4.78 is 10.7. The zero-order valence-corrected chi connectivity index (χ0v) is 19.0. The zero-order valence-electron chi connectivity index (χ0n) is 18.2. The van der Waals surface area contributed by atoms with Crippen molar-refractivity contribution >= 4 is 29.5 Å². The van der Waals surface area contributed by atoms with Gasteiger partial charge >= 0.3 is 12.0 Å². The lowest BCUT2D eigenvalue weighted by atomic mass is 9.91. The third kappa shape index (κ3) is 5.95. The van der Waals surface area contributed by atoms with Crippen molar-refractivity contribution in [2.24, 2.45) is 5.92 Å². The number of carbonyl (C=O) groups excluding carboxylic acids is 1. The smallest absolute Gasteiger partial charge is 0.323 e. The molecule has 0 bridgehead atoms. The molecule has 9 nitrogen and oxygen atoms in total. The fourth-order valence-electron chi connectivity index (χ4n) is 3.46. The van der Waals surface area contributed by atoms with Crippen LogP contribution in [0.15, 0.2) is 54.6 Å². The second-order valence-electron chi connectivity index (χ2n) is 7.55. The van der Waals surface area contributed by atoms with Crippen LogP contribution in [0.2, 0.25) is 5.02 Å². The van der Waals surface area contributed by atoms with Crippen LogP contribution in [-0.2, 0) is 0 Å². The Labute approximate surface area is 196 Å². The van der Waals surface area contributed by atoms with Gasteiger partial charge in [0.05, 0.1) is 36.9 Å². The van der Waals surface area contributed by atoms with Gasteiger partial charge in [0.25, 0.3) is 0 Å². The molecule has 1 atom stereocenters. The van der Waals surface area contributed by atoms with E-state index in [9.17, 15) is 4.79 Å². The number of halogens is 1. The fourth-order valence-corrected chi connectivity index (χ4v) is 3.56. The number of likely N-dealkylation sites (tertiary alicyclic amines) is 1. The van der Waals surface area contributed by atoms with Crippen molar-refractivity contribution in [3.63, 3.8) is 0 Å². The lowest BCUT2D eigenvalue weighted by molar-refractivity contribution is 0.197. The third-order valence-electron chi connectivity index (χ3n) is 5.17. The van der Waals surface area contributed by atoms with Crippen LogP contribution in [0.4, 0.5) is 10.6 Å². The molecule has 1 fully saturated rings. The van der Waals surface area contributed by atoms with Crippen LogP contribution in [0.5, 0.6) is 17.6 Å². The van der Waals surface area contributed by atoms with Crippen LogP contribution in [0, 0.1) is 5.92 Å². The molecule has 33 heavy (non-hydrogen) atoms. The molecule has 2 amide bonds. The molecule has 1 aliphatic heterocycles. The topological polar surface area (TPSA) is 102 Å². The first-order valence-electron chi connectivity index (χ1n) is 10.4. The van der Waals surface area contributed by atoms with E-state index in [1.54, 1.807) is 4.90 Å². The highest BCUT2D eigenvalue weighted by Crippen LogP contribution is 2.27. The molecule has 4 rings (SSSR count). The second kappa shape index (κ2) is 10.3. The molecule has 3 aromatic rings. The van der Waals surface area contributed by atoms with Crippen LogP contribution in [-0.4, -0.2) is 51.1 Å². The largest absolute Gasteiger partial charge is 0.480 e. The summed E-state index contributed by atoms with van der Waals surface area (Å²) in [5, 5.41) is 3.23. The van der Waals surface area contributed by atoms with Crippen LogP contribution in [0.25, 0.3) is 6.08 Å². The van der Waals surface area contributed by atoms with Crippen molar-refractivity contribution in [2.45, 2.75) is 13.3 Å². The number of carbonyl (C=O) groups is 1. The van der Waals surface area contributed by atoms with Gasteiger partial charge in [-0.2, -0.15) is 0 Å². The van der Waals surface area contributed by atoms with Gasteiger partial charge in [0.15, 0.2) is 5.82 Å². The second-order valence-corrected chi connectivity index (χ2v) is 7.99. The number of hydrogen-bond acceptors (Lipinski definition) is 7. The van der Waals surface area contributed by atoms with Crippen molar-refractivity contribution < 1.29 is 14.3 Å². The van der Waals surface area contributed by atoms with E-state index in [-0.39, 0.29) is 18.0 Å². The van der Waals surface area contributed by atoms with Gasteiger partial charge in [-0.05, 0) is 30.0 Å². The van der Waals surface area contributed by atoms with E-state index in [2.05, 4.69) is 38.3 Å². The molecule has 2 aromatic heterocycles. The number of piperidine rings is 1. The van der Waals surface area contributed by atoms with Gasteiger partial charge < -0.3 is 14.4 Å². The fraction of sp³-hybridized carbons (Fsp3) is 0.261. The maximum atomic E-state index is 12.6. The maximum Gasteiger partial charge on any atom is 0.323 e. The molecule has 1 N–H and O–H groups in total. The maximum absolute atomic E-state index is 12.6. The normalized spacial score (nSPS) is 17.0. The molecular formula is C23H23ClN6O3. The quantitative estimate of drug-likeness (QED) is 0.582. The van der Waals surface area contributed by atoms with Gasteiger partial charge in [-0.25, -0.2) is 24.7 Å². The molecule has 1 unspecified atom stereocenters. The predicted octanol–water partition coefficient (Wildman–Crippen LogP) is 4.68. The monoisotopic (exact) mass is 466 g/mol. The van der Waals surface area contributed by atoms with Crippen molar-refractivity contribution in [3.05, 3.63) is 65.2 Å². The van der Waals surface area contributed by atoms with Crippen LogP contribution < -0.4 is 14.8 Å². The van der Waals surface area contributed by atoms with Gasteiger partial charge in [-0.3, -0.25) is 5.32 Å². The number of urea groups is 1. The first-order chi connectivity index (χ1) is 16.0. The summed E-state index contributed by atoms with van der Waals surface area (Å²) >= 11 is 5.82. The Morgan fingerprint density at radius 1 is 1.18 bits per heavy atom. The van der Waals surface area contributed by atoms with Crippen molar-refractivity contribution in [1.82, 2.24) is 24.8 Å². The molecule has 3 heterocycles. The van der Waals surface area contributed by atoms with Crippen molar-refractivity contribution in [3.8, 4) is 17.6 Å². The van der Waals surface area contributed by atoms with Crippen molar-refractivity contribution in [1.29, 1.82) is 0 Å². The minimum absolute atomic E-state index is 0.196. The van der Waals surface area contributed by atoms with E-state index < -0.39 is 0 Å². The zero-order chi connectivity index (χ0) is 23.2. The summed E-state index contributed by atoms with van der Waals surface area (Å²) in [5.41, 5.74) is 2.28. The summed E-state index contributed by atoms with van der Waals surface area (Å²) in [6.45, 7) is 3.33. The number of methoxy groups -OCH3 is 1. The molecule has 0 spiro atoms. The minimum Gasteiger partial charge on any atom is -0.480 e. The summed E-state index contributed by atoms with van der Waals surface area (Å²) in [5.74, 6) is 1.62. The third-order valence-corrected chi connectivity index (χ3v) is 5.37. The Morgan fingerprint density at radius 2 is 2.00 bits per heavy atom. The molecule has 1 aromatic carbocycles. The van der Waals surface area contributed by atoms with Gasteiger partial charge in [0.2, 0.25) is 5.88 Å². The van der Waals surface area contributed by atoms with E-state index in [0.29, 0.717) is 35.6 Å². The summed E-state index contributed by atoms with van der Waals surface area (Å²) in [7, 11) is 1.51. The predicted molar refractivity (Wildman–Crippen MR) is 124 cm³/mol. The number of amides is 2. The number of benzene rings is 1. The van der Waals surface area contributed by atoms with E-state index in [1.807, 2.05) is 24.3 Å². The Hall–Kier alpha value is -3.72. The molecule has 10 heteroatoms. The summed E-state index contributed by atoms with van der Waals surface area (Å²) in [6, 6.07) is 7.74. The Balaban J connectivity index is 1.37. The Bertz CT molecular complexity index is 1140. The standard InChI is InChI=1S/C23H23ClN6O3/c1-15-14-30(23(31)29-20-12-26-21(32-2)13-25-20)7-6-17(15)8-16-4-3-5-19(9-16)33-22-27-10-18(24)11-28-22/h3-5,8-13,15H,6-7,14H2,1-2H3,(H,25,29,31)/b17-8+. The number of rotatable bonds is 5. The molecule has 0 radical (unpaired) electrons. The van der Waals surface area contributed by atoms with Crippen LogP contribution in [0.3, 0.4) is 0 Å². The summed E-state index contributed by atoms with van der Waals surface area (Å²) in [6.07, 6.45) is 8.83. The van der Waals surface area contributed by atoms with Gasteiger partial charge in [0.1, 0.15) is 5.75 Å². The Kier molecular flexibility index (Phi) is 6.99. The summed E-state index contributed by atoms with van der Waals surface area (Å²) in [4.78, 5) is 30.7. The van der Waals surface area contributed by atoms with Crippen molar-refractivity contribution in [2.75, 3.05) is 25.5 Å². The van der Waals surface area contributed by atoms with E-state index >= 15 is 0 Å². The number of hydrogen-bond donors (Lipinski definition) is 1. The average molecular weight is 467 g/mol. The highest BCUT2D eigenvalue weighted by Gasteiger charge is 2.24. The first kappa shape index (κ1) is 22.5. The number of aromatic nitrogens is 4. The highest BCUT2D eigenvalue weighted by molar-refractivity contribution is 6.30. The van der Waals surface area contributed by atoms with Gasteiger partial charge in [0, 0.05) is 13.1 Å². The number of anilines is 1. The Morgan fingerprint density at radius 3 is 2.70 bits per heavy atom. The first-order valence-corrected chi connectivity index (χ1v) is 10.8. The number of nitrogens with one attached hydrogen (secondary N) is 1. The molecule has 1 aliphatic rings. The molecule has 0 aliphatic carbocycles. The van der Waals surface area contributed by atoms with Gasteiger partial charge in [-0.1, -0.05) is 42.3 Å². The van der Waals surface area contributed by atoms with E-state index in [0.717, 1.165) is 12.0 Å². The SMILES string of the molecule is COc1cnc(NC(=O)N2CC/C(=C\c3cccc(Oc4ncc(Cl)cn4)c3)C(C)C2)cn1. The number of nitrogens with zero attached hydrogens (tertiary/aromatic N) is 5. The molecule has 170 valence electrons. The lowest BCUT2D eigenvalue weighted by Gasteiger charge is -2.33. The van der Waals surface area contributed by atoms with Gasteiger partial charge in [-0.15, -0.1) is 0 Å². The van der Waals surface area contributed by atoms with E-state index in [1.165, 1.54) is 37.5 Å². The van der Waals surface area contributed by atoms with E-state index in [4.69, 9.17) is 21.1 Å². The minimum atomic E-state index is -0.196. The molecule has 0 saturated carbocycles.